The summed E-state index contributed by atoms with van der Waals surface area (Å²) in [7, 11) is 0. The van der Waals surface area contributed by atoms with Crippen LogP contribution in [0.1, 0.15) is 11.8 Å². The van der Waals surface area contributed by atoms with Crippen LogP contribution in [0, 0.1) is 0 Å². The van der Waals surface area contributed by atoms with E-state index in [1.165, 1.54) is 16.3 Å². The highest BCUT2D eigenvalue weighted by Crippen LogP contribution is 2.35. The molecule has 0 amide bonds. The zero-order valence-corrected chi connectivity index (χ0v) is 15.4. The molecule has 28 heavy (non-hydrogen) atoms. The number of benzene rings is 1. The maximum absolute atomic E-state index is 12.3. The van der Waals surface area contributed by atoms with Crippen molar-refractivity contribution >= 4 is 28.9 Å². The normalized spacial score (nSPS) is 24.8. The molecule has 6 N–H and O–H groups in total. The van der Waals surface area contributed by atoms with E-state index < -0.39 is 36.7 Å². The van der Waals surface area contributed by atoms with Crippen molar-refractivity contribution in [3.63, 3.8) is 0 Å². The smallest absolute Gasteiger partial charge is 0.280 e. The molecule has 0 saturated carbocycles. The summed E-state index contributed by atoms with van der Waals surface area (Å²) >= 11 is 1.32. The molecule has 1 fully saturated rings. The summed E-state index contributed by atoms with van der Waals surface area (Å²) in [6, 6.07) is 9.65. The monoisotopic (exact) mass is 405 g/mol. The Labute approximate surface area is 163 Å². The van der Waals surface area contributed by atoms with Crippen molar-refractivity contribution in [2.45, 2.75) is 35.4 Å². The van der Waals surface area contributed by atoms with Crippen molar-refractivity contribution in [2.24, 2.45) is 0 Å². The van der Waals surface area contributed by atoms with Crippen LogP contribution in [0.15, 0.2) is 40.3 Å². The molecule has 0 aliphatic carbocycles. The second kappa shape index (κ2) is 7.53. The molecule has 4 atom stereocenters. The van der Waals surface area contributed by atoms with E-state index in [0.29, 0.717) is 10.9 Å². The number of aromatic amines is 1. The van der Waals surface area contributed by atoms with Crippen molar-refractivity contribution in [2.75, 3.05) is 12.3 Å². The fourth-order valence-electron chi connectivity index (χ4n) is 3.13. The number of imidazole rings is 1. The number of ether oxygens (including phenoxy) is 1. The number of anilines is 1. The molecule has 1 aromatic carbocycles. The number of H-pyrrole nitrogens is 1. The predicted octanol–water partition coefficient (Wildman–Crippen LogP) is -0.394. The summed E-state index contributed by atoms with van der Waals surface area (Å²) in [4.78, 5) is 23.2. The van der Waals surface area contributed by atoms with Gasteiger partial charge >= 0.3 is 0 Å². The number of nitrogens with two attached hydrogens (primary N) is 1. The molecule has 148 valence electrons. The lowest BCUT2D eigenvalue weighted by Gasteiger charge is -2.19. The van der Waals surface area contributed by atoms with E-state index in [1.54, 1.807) is 0 Å². The number of nitrogens with zero attached hydrogens (tertiary/aromatic N) is 3. The summed E-state index contributed by atoms with van der Waals surface area (Å²) in [5.74, 6) is 0.441. The average Bonchev–Trinajstić information content (AvgIpc) is 3.18. The van der Waals surface area contributed by atoms with E-state index in [2.05, 4.69) is 15.0 Å². The summed E-state index contributed by atoms with van der Waals surface area (Å²) < 4.78 is 7.07. The zero-order valence-electron chi connectivity index (χ0n) is 14.6. The minimum absolute atomic E-state index is 0.0440. The molecule has 3 heterocycles. The van der Waals surface area contributed by atoms with Crippen LogP contribution in [0.2, 0.25) is 0 Å². The fourth-order valence-corrected chi connectivity index (χ4v) is 4.10. The van der Waals surface area contributed by atoms with Gasteiger partial charge in [0.1, 0.15) is 18.3 Å². The van der Waals surface area contributed by atoms with Crippen molar-refractivity contribution < 1.29 is 20.1 Å². The highest BCUT2D eigenvalue weighted by atomic mass is 32.2. The van der Waals surface area contributed by atoms with Gasteiger partial charge in [-0.3, -0.25) is 14.3 Å². The number of nitrogens with one attached hydrogen (secondary N) is 1. The minimum Gasteiger partial charge on any atom is -0.394 e. The Morgan fingerprint density at radius 3 is 2.64 bits per heavy atom. The number of fused-ring (bicyclic) bond motifs is 1. The van der Waals surface area contributed by atoms with Crippen LogP contribution in [-0.4, -0.2) is 59.8 Å². The molecule has 4 rings (SSSR count). The third-order valence-electron chi connectivity index (χ3n) is 4.52. The first kappa shape index (κ1) is 18.9. The van der Waals surface area contributed by atoms with Gasteiger partial charge in [-0.2, -0.15) is 4.98 Å². The maximum atomic E-state index is 12.3. The fraction of sp³-hybridized carbons (Fsp3) is 0.353. The number of aliphatic hydroxyl groups excluding tert-OH is 3. The molecule has 0 unspecified atom stereocenters. The lowest BCUT2D eigenvalue weighted by atomic mass is 10.1. The molecule has 3 aromatic rings. The van der Waals surface area contributed by atoms with Gasteiger partial charge in [0.15, 0.2) is 22.5 Å². The zero-order chi connectivity index (χ0) is 19.8. The van der Waals surface area contributed by atoms with E-state index in [-0.39, 0.29) is 17.1 Å². The summed E-state index contributed by atoms with van der Waals surface area (Å²) in [6.45, 7) is -0.468. The van der Waals surface area contributed by atoms with E-state index in [1.807, 2.05) is 30.3 Å². The summed E-state index contributed by atoms with van der Waals surface area (Å²) in [5.41, 5.74) is 6.37. The first-order valence-corrected chi connectivity index (χ1v) is 9.55. The Morgan fingerprint density at radius 2 is 1.96 bits per heavy atom. The number of aliphatic hydroxyl groups is 3. The van der Waals surface area contributed by atoms with Crippen LogP contribution in [0.4, 0.5) is 5.95 Å². The number of hydrogen-bond acceptors (Lipinski definition) is 9. The van der Waals surface area contributed by atoms with Crippen LogP contribution in [0.25, 0.3) is 11.2 Å². The first-order valence-electron chi connectivity index (χ1n) is 8.56. The average molecular weight is 405 g/mol. The molecule has 1 saturated heterocycles. The summed E-state index contributed by atoms with van der Waals surface area (Å²) in [5, 5.41) is 30.3. The molecule has 0 radical (unpaired) electrons. The van der Waals surface area contributed by atoms with Gasteiger partial charge in [0, 0.05) is 5.75 Å². The lowest BCUT2D eigenvalue weighted by Crippen LogP contribution is -2.33. The first-order chi connectivity index (χ1) is 13.5. The number of hydrogen-bond donors (Lipinski definition) is 5. The number of thioether (sulfide) groups is 1. The van der Waals surface area contributed by atoms with Crippen molar-refractivity contribution in [1.29, 1.82) is 0 Å². The molecule has 1 aliphatic heterocycles. The van der Waals surface area contributed by atoms with E-state index in [0.717, 1.165) is 5.56 Å². The predicted molar refractivity (Wildman–Crippen MR) is 102 cm³/mol. The molecule has 11 heteroatoms. The van der Waals surface area contributed by atoms with Gasteiger partial charge in [0.05, 0.1) is 6.61 Å². The van der Waals surface area contributed by atoms with Gasteiger partial charge in [0.25, 0.3) is 5.56 Å². The minimum atomic E-state index is -1.34. The van der Waals surface area contributed by atoms with Crippen LogP contribution in [0.5, 0.6) is 0 Å². The standard InChI is InChI=1S/C17H19N5O5S/c18-16-20-13-10(14(26)21-16)19-17(28-7-8-4-2-1-3-5-8)22(13)15-12(25)11(24)9(6-23)27-15/h1-5,9,11-12,15,23-25H,6-7H2,(H3,18,20,21,26)/t9-,11-,12+,15-/m1/s1. The third-order valence-corrected chi connectivity index (χ3v) is 5.54. The number of nitrogen functional groups attached to an aromatic ring is 1. The highest BCUT2D eigenvalue weighted by Gasteiger charge is 2.45. The third kappa shape index (κ3) is 3.27. The van der Waals surface area contributed by atoms with Crippen LogP contribution in [0.3, 0.4) is 0 Å². The van der Waals surface area contributed by atoms with E-state index >= 15 is 0 Å². The Balaban J connectivity index is 1.79. The largest absolute Gasteiger partial charge is 0.394 e. The van der Waals surface area contributed by atoms with Crippen molar-refractivity contribution in [1.82, 2.24) is 19.5 Å². The van der Waals surface area contributed by atoms with Gasteiger partial charge < -0.3 is 25.8 Å². The SMILES string of the molecule is Nc1nc2c(nc(SCc3ccccc3)n2[C@@H]2O[C@H](CO)[C@@H](O)[C@@H]2O)c(=O)[nH]1. The molecular formula is C17H19N5O5S. The molecule has 2 aromatic heterocycles. The number of aromatic nitrogens is 4. The molecule has 0 bridgehead atoms. The quantitative estimate of drug-likeness (QED) is 0.356. The molecule has 0 spiro atoms. The van der Waals surface area contributed by atoms with Crippen molar-refractivity contribution in [3.05, 3.63) is 46.2 Å². The van der Waals surface area contributed by atoms with Gasteiger partial charge in [-0.1, -0.05) is 42.1 Å². The maximum Gasteiger partial charge on any atom is 0.280 e. The van der Waals surface area contributed by atoms with Gasteiger partial charge in [0.2, 0.25) is 5.95 Å². The van der Waals surface area contributed by atoms with Crippen molar-refractivity contribution in [3.8, 4) is 0 Å². The molecule has 1 aliphatic rings. The topological polar surface area (TPSA) is 160 Å². The Kier molecular flexibility index (Phi) is 5.08. The van der Waals surface area contributed by atoms with E-state index in [9.17, 15) is 20.1 Å². The Hall–Kier alpha value is -2.44. The van der Waals surface area contributed by atoms with Gasteiger partial charge in [-0.25, -0.2) is 4.98 Å². The highest BCUT2D eigenvalue weighted by molar-refractivity contribution is 7.98. The number of rotatable bonds is 5. The van der Waals surface area contributed by atoms with Crippen LogP contribution < -0.4 is 11.3 Å². The van der Waals surface area contributed by atoms with Crippen LogP contribution in [-0.2, 0) is 10.5 Å². The Bertz CT molecular complexity index is 1040. The second-order valence-electron chi connectivity index (χ2n) is 6.39. The Morgan fingerprint density at radius 1 is 1.21 bits per heavy atom. The lowest BCUT2D eigenvalue weighted by molar-refractivity contribution is -0.0548. The molecular weight excluding hydrogens is 386 g/mol. The van der Waals surface area contributed by atoms with E-state index in [4.69, 9.17) is 10.5 Å². The molecule has 10 nitrogen and oxygen atoms in total. The van der Waals surface area contributed by atoms with Crippen LogP contribution >= 0.6 is 11.8 Å². The second-order valence-corrected chi connectivity index (χ2v) is 7.33. The van der Waals surface area contributed by atoms with Gasteiger partial charge in [-0.05, 0) is 5.56 Å². The summed E-state index contributed by atoms with van der Waals surface area (Å²) in [6.07, 6.45) is -4.68. The van der Waals surface area contributed by atoms with Gasteiger partial charge in [-0.15, -0.1) is 0 Å².